The molecular weight excluding hydrogens is 274 g/mol. The Morgan fingerprint density at radius 1 is 1.62 bits per heavy atom. The summed E-state index contributed by atoms with van der Waals surface area (Å²) in [5.74, 6) is 0. The molecule has 0 atom stereocenters. The van der Waals surface area contributed by atoms with Gasteiger partial charge in [0, 0.05) is 10.7 Å². The van der Waals surface area contributed by atoms with E-state index in [2.05, 4.69) is 26.0 Å². The Morgan fingerprint density at radius 3 is 3.08 bits per heavy atom. The summed E-state index contributed by atoms with van der Waals surface area (Å²) in [6, 6.07) is 1.89. The summed E-state index contributed by atoms with van der Waals surface area (Å²) in [7, 11) is 0. The van der Waals surface area contributed by atoms with E-state index in [0.29, 0.717) is 10.3 Å². The quantitative estimate of drug-likeness (QED) is 0.752. The maximum absolute atomic E-state index is 5.97. The second kappa shape index (κ2) is 3.48. The normalized spacial score (nSPS) is 11.0. The molecule has 0 unspecified atom stereocenters. The first kappa shape index (κ1) is 9.30. The van der Waals surface area contributed by atoms with Crippen LogP contribution in [-0.4, -0.2) is 20.9 Å². The molecular formula is C7H5BrClN3S. The SMILES string of the molecule is CSc1nc(Cl)c2c(Br)ccn2n1. The number of thioether (sulfide) groups is 1. The standard InChI is InChI=1S/C7H5BrClN3S/c1-13-7-10-6(9)5-4(8)2-3-12(5)11-7/h2-3H,1H3. The lowest BCUT2D eigenvalue weighted by Gasteiger charge is -1.99. The van der Waals surface area contributed by atoms with Crippen LogP contribution in [0, 0.1) is 0 Å². The van der Waals surface area contributed by atoms with Gasteiger partial charge in [0.2, 0.25) is 5.16 Å². The Kier molecular flexibility index (Phi) is 2.49. The van der Waals surface area contributed by atoms with Crippen LogP contribution in [0.4, 0.5) is 0 Å². The van der Waals surface area contributed by atoms with Gasteiger partial charge in [-0.25, -0.2) is 9.50 Å². The van der Waals surface area contributed by atoms with E-state index in [-0.39, 0.29) is 0 Å². The lowest BCUT2D eigenvalue weighted by molar-refractivity contribution is 0.799. The van der Waals surface area contributed by atoms with Crippen LogP contribution >= 0.6 is 39.3 Å². The van der Waals surface area contributed by atoms with Gasteiger partial charge in [-0.05, 0) is 28.3 Å². The summed E-state index contributed by atoms with van der Waals surface area (Å²) in [6.07, 6.45) is 3.75. The zero-order valence-corrected chi connectivity index (χ0v) is 9.82. The van der Waals surface area contributed by atoms with Crippen LogP contribution in [0.25, 0.3) is 5.52 Å². The van der Waals surface area contributed by atoms with E-state index in [4.69, 9.17) is 11.6 Å². The Morgan fingerprint density at radius 2 is 2.38 bits per heavy atom. The van der Waals surface area contributed by atoms with Crippen molar-refractivity contribution in [3.05, 3.63) is 21.9 Å². The van der Waals surface area contributed by atoms with Crippen molar-refractivity contribution in [2.75, 3.05) is 6.26 Å². The van der Waals surface area contributed by atoms with E-state index in [0.717, 1.165) is 9.99 Å². The van der Waals surface area contributed by atoms with Crippen molar-refractivity contribution in [1.29, 1.82) is 0 Å². The molecule has 2 aromatic rings. The summed E-state index contributed by atoms with van der Waals surface area (Å²) in [5.41, 5.74) is 0.805. The van der Waals surface area contributed by atoms with Crippen LogP contribution in [0.2, 0.25) is 5.15 Å². The van der Waals surface area contributed by atoms with Crippen molar-refractivity contribution in [2.24, 2.45) is 0 Å². The maximum Gasteiger partial charge on any atom is 0.208 e. The molecule has 0 radical (unpaired) electrons. The van der Waals surface area contributed by atoms with Gasteiger partial charge in [0.05, 0.1) is 0 Å². The molecule has 0 saturated heterocycles. The Hall–Kier alpha value is -0.260. The van der Waals surface area contributed by atoms with Crippen molar-refractivity contribution < 1.29 is 0 Å². The van der Waals surface area contributed by atoms with Crippen LogP contribution in [0.1, 0.15) is 0 Å². The van der Waals surface area contributed by atoms with E-state index in [9.17, 15) is 0 Å². The third kappa shape index (κ3) is 1.56. The molecule has 2 aromatic heterocycles. The molecule has 13 heavy (non-hydrogen) atoms. The van der Waals surface area contributed by atoms with Crippen molar-refractivity contribution in [3.8, 4) is 0 Å². The molecule has 2 rings (SSSR count). The van der Waals surface area contributed by atoms with Crippen LogP contribution in [-0.2, 0) is 0 Å². The largest absolute Gasteiger partial charge is 0.234 e. The van der Waals surface area contributed by atoms with E-state index in [1.165, 1.54) is 11.8 Å². The number of hydrogen-bond acceptors (Lipinski definition) is 3. The monoisotopic (exact) mass is 277 g/mol. The molecule has 0 aliphatic carbocycles. The number of hydrogen-bond donors (Lipinski definition) is 0. The zero-order chi connectivity index (χ0) is 9.42. The molecule has 0 aliphatic rings. The minimum absolute atomic E-state index is 0.469. The molecule has 0 N–H and O–H groups in total. The fourth-order valence-corrected chi connectivity index (χ4v) is 2.29. The third-order valence-corrected chi connectivity index (χ3v) is 3.02. The smallest absolute Gasteiger partial charge is 0.208 e. The Balaban J connectivity index is 2.79. The van der Waals surface area contributed by atoms with Crippen LogP contribution in [0.3, 0.4) is 0 Å². The number of halogens is 2. The molecule has 3 nitrogen and oxygen atoms in total. The third-order valence-electron chi connectivity index (χ3n) is 1.58. The molecule has 0 spiro atoms. The van der Waals surface area contributed by atoms with Crippen LogP contribution < -0.4 is 0 Å². The minimum Gasteiger partial charge on any atom is -0.234 e. The number of rotatable bonds is 1. The predicted octanol–water partition coefficient (Wildman–Crippen LogP) is 2.87. The highest BCUT2D eigenvalue weighted by molar-refractivity contribution is 9.10. The molecule has 6 heteroatoms. The van der Waals surface area contributed by atoms with Gasteiger partial charge >= 0.3 is 0 Å². The van der Waals surface area contributed by atoms with E-state index in [1.807, 2.05) is 18.5 Å². The fourth-order valence-electron chi connectivity index (χ4n) is 1.01. The summed E-state index contributed by atoms with van der Waals surface area (Å²) in [6.45, 7) is 0. The van der Waals surface area contributed by atoms with Gasteiger partial charge in [-0.2, -0.15) is 0 Å². The predicted molar refractivity (Wildman–Crippen MR) is 57.5 cm³/mol. The first-order chi connectivity index (χ1) is 6.22. The van der Waals surface area contributed by atoms with Gasteiger partial charge in [0.1, 0.15) is 5.52 Å². The first-order valence-electron chi connectivity index (χ1n) is 3.46. The van der Waals surface area contributed by atoms with Gasteiger partial charge in [-0.15, -0.1) is 5.10 Å². The molecule has 0 saturated carbocycles. The minimum atomic E-state index is 0.469. The van der Waals surface area contributed by atoms with Crippen molar-refractivity contribution in [1.82, 2.24) is 14.6 Å². The maximum atomic E-state index is 5.97. The Labute approximate surface area is 92.6 Å². The van der Waals surface area contributed by atoms with Gasteiger partial charge in [-0.3, -0.25) is 0 Å². The fraction of sp³-hybridized carbons (Fsp3) is 0.143. The van der Waals surface area contributed by atoms with E-state index >= 15 is 0 Å². The van der Waals surface area contributed by atoms with Crippen molar-refractivity contribution >= 4 is 44.8 Å². The molecule has 0 amide bonds. The highest BCUT2D eigenvalue weighted by Crippen LogP contribution is 2.25. The first-order valence-corrected chi connectivity index (χ1v) is 5.86. The van der Waals surface area contributed by atoms with Crippen molar-refractivity contribution in [2.45, 2.75) is 5.16 Å². The van der Waals surface area contributed by atoms with E-state index < -0.39 is 0 Å². The van der Waals surface area contributed by atoms with Crippen LogP contribution in [0.15, 0.2) is 21.9 Å². The van der Waals surface area contributed by atoms with Crippen molar-refractivity contribution in [3.63, 3.8) is 0 Å². The average Bonchev–Trinajstić information content (AvgIpc) is 2.48. The van der Waals surface area contributed by atoms with Gasteiger partial charge in [0.15, 0.2) is 5.15 Å². The zero-order valence-electron chi connectivity index (χ0n) is 6.66. The van der Waals surface area contributed by atoms with Gasteiger partial charge in [0.25, 0.3) is 0 Å². The lowest BCUT2D eigenvalue weighted by Crippen LogP contribution is -1.96. The second-order valence-corrected chi connectivity index (χ2v) is 4.33. The van der Waals surface area contributed by atoms with E-state index in [1.54, 1.807) is 4.52 Å². The summed E-state index contributed by atoms with van der Waals surface area (Å²) in [5, 5.41) is 5.37. The van der Waals surface area contributed by atoms with Gasteiger partial charge in [-0.1, -0.05) is 23.4 Å². The summed E-state index contributed by atoms with van der Waals surface area (Å²) in [4.78, 5) is 4.12. The number of aromatic nitrogens is 3. The molecule has 0 fully saturated rings. The second-order valence-electron chi connectivity index (χ2n) is 2.35. The number of nitrogens with zero attached hydrogens (tertiary/aromatic N) is 3. The highest BCUT2D eigenvalue weighted by atomic mass is 79.9. The molecule has 0 aromatic carbocycles. The molecule has 68 valence electrons. The highest BCUT2D eigenvalue weighted by Gasteiger charge is 2.08. The summed E-state index contributed by atoms with van der Waals surface area (Å²) < 4.78 is 2.62. The number of fused-ring (bicyclic) bond motifs is 1. The molecule has 0 bridgehead atoms. The molecule has 2 heterocycles. The Bertz CT molecular complexity index is 456. The lowest BCUT2D eigenvalue weighted by atomic mass is 10.5. The van der Waals surface area contributed by atoms with Crippen LogP contribution in [0.5, 0.6) is 0 Å². The topological polar surface area (TPSA) is 30.2 Å². The average molecular weight is 279 g/mol. The summed E-state index contributed by atoms with van der Waals surface area (Å²) >= 11 is 10.8. The van der Waals surface area contributed by atoms with Gasteiger partial charge < -0.3 is 0 Å². The molecule has 0 aliphatic heterocycles.